The minimum Gasteiger partial charge on any atom is -0.811 e. The molecule has 1 aliphatic rings. The van der Waals surface area contributed by atoms with E-state index in [9.17, 15) is 5.41 Å². The predicted molar refractivity (Wildman–Crippen MR) is 85.6 cm³/mol. The van der Waals surface area contributed by atoms with E-state index in [2.05, 4.69) is 10.1 Å². The maximum Gasteiger partial charge on any atom is 0.0858 e. The van der Waals surface area contributed by atoms with Crippen molar-refractivity contribution in [3.05, 3.63) is 35.2 Å². The van der Waals surface area contributed by atoms with Crippen molar-refractivity contribution in [3.8, 4) is 0 Å². The van der Waals surface area contributed by atoms with Gasteiger partial charge in [-0.2, -0.15) is 5.71 Å². The SMILES string of the molecule is CC.CC(=NO)c1ccccc1N=C1CC(=[N-])C(C)C1.[Yb]. The summed E-state index contributed by atoms with van der Waals surface area (Å²) in [7, 11) is 0. The Morgan fingerprint density at radius 2 is 1.90 bits per heavy atom. The molecule has 0 heterocycles. The monoisotopic (exact) mass is 446 g/mol. The molecule has 1 aromatic rings. The number of para-hydroxylation sites is 1. The summed E-state index contributed by atoms with van der Waals surface area (Å²) >= 11 is 0. The van der Waals surface area contributed by atoms with Gasteiger partial charge < -0.3 is 10.6 Å². The number of benzene rings is 1. The largest absolute Gasteiger partial charge is 0.811 e. The standard InChI is InChI=1S/C14H16N3O.C2H6.Yb/c1-9-7-11(8-13(9)15)16-14-6-4-3-5-12(14)10(2)17-18;1-2;/h3-6,9,18H,7-8H2,1-2H3;1-2H3;/q-1;;. The van der Waals surface area contributed by atoms with E-state index in [1.54, 1.807) is 6.92 Å². The average molecular weight is 445 g/mol. The maximum atomic E-state index is 9.64. The molecule has 4 nitrogen and oxygen atoms in total. The van der Waals surface area contributed by atoms with Crippen LogP contribution in [-0.2, 0) is 0 Å². The smallest absolute Gasteiger partial charge is 0.0858 e. The fraction of sp³-hybridized carbons (Fsp3) is 0.438. The topological polar surface area (TPSA) is 67.2 Å². The molecule has 0 aromatic heterocycles. The van der Waals surface area contributed by atoms with Gasteiger partial charge in [-0.25, -0.2) is 0 Å². The van der Waals surface area contributed by atoms with Crippen LogP contribution in [0.25, 0.3) is 5.41 Å². The van der Waals surface area contributed by atoms with Gasteiger partial charge in [0.15, 0.2) is 0 Å². The number of aliphatic imine (C=N–C) groups is 1. The third-order valence-corrected chi connectivity index (χ3v) is 3.22. The van der Waals surface area contributed by atoms with Gasteiger partial charge in [0.1, 0.15) is 0 Å². The van der Waals surface area contributed by atoms with E-state index < -0.39 is 0 Å². The summed E-state index contributed by atoms with van der Waals surface area (Å²) < 4.78 is 0. The molecular weight excluding hydrogens is 423 g/mol. The van der Waals surface area contributed by atoms with Gasteiger partial charge in [0.2, 0.25) is 0 Å². The van der Waals surface area contributed by atoms with Crippen molar-refractivity contribution in [2.75, 3.05) is 0 Å². The molecule has 21 heavy (non-hydrogen) atoms. The zero-order valence-electron chi connectivity index (χ0n) is 12.9. The van der Waals surface area contributed by atoms with Crippen LogP contribution >= 0.6 is 0 Å². The van der Waals surface area contributed by atoms with Crippen molar-refractivity contribution >= 4 is 22.8 Å². The minimum atomic E-state index is 0. The maximum absolute atomic E-state index is 9.64. The van der Waals surface area contributed by atoms with Crippen LogP contribution in [-0.4, -0.2) is 22.3 Å². The Kier molecular flexibility index (Phi) is 10.1. The first-order chi connectivity index (χ1) is 9.61. The van der Waals surface area contributed by atoms with Gasteiger partial charge >= 0.3 is 0 Å². The summed E-state index contributed by atoms with van der Waals surface area (Å²) in [6, 6.07) is 7.54. The quantitative estimate of drug-likeness (QED) is 0.409. The first-order valence-electron chi connectivity index (χ1n) is 7.01. The zero-order valence-corrected chi connectivity index (χ0v) is 14.6. The number of rotatable bonds is 2. The molecule has 2 rings (SSSR count). The Morgan fingerprint density at radius 3 is 2.43 bits per heavy atom. The molecule has 0 spiro atoms. The second-order valence-electron chi connectivity index (χ2n) is 4.65. The van der Waals surface area contributed by atoms with E-state index in [4.69, 9.17) is 5.21 Å². The van der Waals surface area contributed by atoms with Gasteiger partial charge in [-0.1, -0.05) is 44.1 Å². The van der Waals surface area contributed by atoms with E-state index in [0.717, 1.165) is 23.4 Å². The first kappa shape index (κ1) is 20.5. The average Bonchev–Trinajstić information content (AvgIpc) is 2.79. The van der Waals surface area contributed by atoms with Crippen molar-refractivity contribution < 1.29 is 52.1 Å². The Balaban J connectivity index is 0.00000128. The number of hydrogen-bond acceptors (Lipinski definition) is 3. The van der Waals surface area contributed by atoms with Gasteiger partial charge in [0, 0.05) is 58.2 Å². The second-order valence-corrected chi connectivity index (χ2v) is 4.65. The van der Waals surface area contributed by atoms with Crippen LogP contribution < -0.4 is 0 Å². The molecule has 1 unspecified atom stereocenters. The third-order valence-electron chi connectivity index (χ3n) is 3.22. The van der Waals surface area contributed by atoms with E-state index in [0.29, 0.717) is 17.8 Å². The molecule has 0 aliphatic heterocycles. The van der Waals surface area contributed by atoms with Crippen LogP contribution in [0.3, 0.4) is 0 Å². The molecular formula is C16H22N3OYb-. The van der Waals surface area contributed by atoms with E-state index in [1.807, 2.05) is 45.0 Å². The molecule has 1 atom stereocenters. The molecule has 1 aromatic carbocycles. The van der Waals surface area contributed by atoms with Crippen molar-refractivity contribution in [3.63, 3.8) is 0 Å². The van der Waals surface area contributed by atoms with Gasteiger partial charge in [0.05, 0.1) is 11.4 Å². The molecule has 5 heteroatoms. The molecule has 0 amide bonds. The van der Waals surface area contributed by atoms with Crippen LogP contribution in [0.2, 0.25) is 0 Å². The second kappa shape index (κ2) is 10.3. The summed E-state index contributed by atoms with van der Waals surface area (Å²) in [5.41, 5.74) is 3.60. The Hall–Kier alpha value is -0.451. The van der Waals surface area contributed by atoms with Crippen molar-refractivity contribution in [1.29, 1.82) is 0 Å². The molecule has 0 bridgehead atoms. The van der Waals surface area contributed by atoms with Crippen LogP contribution in [0.5, 0.6) is 0 Å². The fourth-order valence-corrected chi connectivity index (χ4v) is 2.11. The Bertz CT molecular complexity index is 538. The van der Waals surface area contributed by atoms with Crippen LogP contribution in [0.4, 0.5) is 5.69 Å². The molecule has 1 aliphatic carbocycles. The van der Waals surface area contributed by atoms with Crippen molar-refractivity contribution in [1.82, 2.24) is 0 Å². The molecule has 1 saturated carbocycles. The van der Waals surface area contributed by atoms with E-state index in [-0.39, 0.29) is 52.8 Å². The van der Waals surface area contributed by atoms with Gasteiger partial charge in [-0.15, -0.1) is 0 Å². The van der Waals surface area contributed by atoms with Gasteiger partial charge in [0.25, 0.3) is 0 Å². The summed E-state index contributed by atoms with van der Waals surface area (Å²) in [6.45, 7) is 7.73. The van der Waals surface area contributed by atoms with E-state index in [1.165, 1.54) is 0 Å². The van der Waals surface area contributed by atoms with Crippen molar-refractivity contribution in [2.45, 2.75) is 40.5 Å². The third kappa shape index (κ3) is 5.68. The summed E-state index contributed by atoms with van der Waals surface area (Å²) in [4.78, 5) is 4.57. The fourth-order valence-electron chi connectivity index (χ4n) is 2.11. The number of oxime groups is 1. The predicted octanol–water partition coefficient (Wildman–Crippen LogP) is 4.42. The number of hydrogen-bond donors (Lipinski definition) is 1. The Morgan fingerprint density at radius 1 is 1.29 bits per heavy atom. The molecule has 122 valence electrons. The molecule has 1 N–H and O–H groups in total. The van der Waals surface area contributed by atoms with Gasteiger partial charge in [-0.05, 0) is 31.7 Å². The minimum absolute atomic E-state index is 0. The van der Waals surface area contributed by atoms with Gasteiger partial charge in [-0.3, -0.25) is 4.99 Å². The summed E-state index contributed by atoms with van der Waals surface area (Å²) in [5.74, 6) is 0.184. The molecule has 0 radical (unpaired) electrons. The first-order valence-corrected chi connectivity index (χ1v) is 7.01. The zero-order chi connectivity index (χ0) is 15.1. The summed E-state index contributed by atoms with van der Waals surface area (Å²) in [5, 5.41) is 21.7. The summed E-state index contributed by atoms with van der Waals surface area (Å²) in [6.07, 6.45) is 1.33. The Labute approximate surface area is 165 Å². The van der Waals surface area contributed by atoms with Crippen molar-refractivity contribution in [2.24, 2.45) is 16.1 Å². The van der Waals surface area contributed by atoms with Crippen LogP contribution in [0.1, 0.15) is 46.1 Å². The normalized spacial score (nSPS) is 19.8. The number of nitrogens with zero attached hydrogens (tertiary/aromatic N) is 3. The van der Waals surface area contributed by atoms with E-state index >= 15 is 0 Å². The molecule has 1 fully saturated rings. The van der Waals surface area contributed by atoms with Crippen LogP contribution in [0.15, 0.2) is 34.4 Å². The molecule has 0 saturated heterocycles. The van der Waals surface area contributed by atoms with Crippen LogP contribution in [0, 0.1) is 52.8 Å².